The van der Waals surface area contributed by atoms with Crippen molar-refractivity contribution in [1.29, 1.82) is 0 Å². The second kappa shape index (κ2) is 4.91. The van der Waals surface area contributed by atoms with Gasteiger partial charge in [-0.05, 0) is 17.9 Å². The van der Waals surface area contributed by atoms with Crippen LogP contribution in [-0.2, 0) is 13.5 Å². The lowest BCUT2D eigenvalue weighted by atomic mass is 10.0. The smallest absolute Gasteiger partial charge is 0.336 e. The fourth-order valence-electron chi connectivity index (χ4n) is 1.91. The van der Waals surface area contributed by atoms with Crippen LogP contribution in [0.3, 0.4) is 0 Å². The lowest BCUT2D eigenvalue weighted by Gasteiger charge is -2.09. The number of aryl methyl sites for hydroxylation is 2. The Balaban J connectivity index is 2.44. The topological polar surface area (TPSA) is 75.3 Å². The van der Waals surface area contributed by atoms with Gasteiger partial charge >= 0.3 is 5.97 Å². The molecule has 0 fully saturated rings. The van der Waals surface area contributed by atoms with Crippen LogP contribution in [0.25, 0.3) is 0 Å². The summed E-state index contributed by atoms with van der Waals surface area (Å²) in [5.41, 5.74) is 1.61. The van der Waals surface area contributed by atoms with Crippen LogP contribution in [0.15, 0.2) is 17.6 Å². The van der Waals surface area contributed by atoms with Crippen molar-refractivity contribution in [3.63, 3.8) is 0 Å². The fraction of sp³-hybridized carbons (Fsp3) is 0.333. The minimum absolute atomic E-state index is 0.151. The summed E-state index contributed by atoms with van der Waals surface area (Å²) in [6, 6.07) is 1.51. The third-order valence-electron chi connectivity index (χ3n) is 2.74. The van der Waals surface area contributed by atoms with Crippen LogP contribution in [0, 0.1) is 0 Å². The highest BCUT2D eigenvalue weighted by Crippen LogP contribution is 2.31. The van der Waals surface area contributed by atoms with E-state index in [0.717, 1.165) is 5.69 Å². The Labute approximate surface area is 108 Å². The number of carbonyl (C=O) groups is 1. The maximum absolute atomic E-state index is 11.1. The van der Waals surface area contributed by atoms with Crippen molar-refractivity contribution >= 4 is 17.3 Å². The lowest BCUT2D eigenvalue weighted by Crippen LogP contribution is -2.05. The first-order chi connectivity index (χ1) is 8.54. The van der Waals surface area contributed by atoms with Gasteiger partial charge in [0, 0.05) is 18.8 Å². The molecule has 0 aliphatic carbocycles. The van der Waals surface area contributed by atoms with E-state index in [9.17, 15) is 9.90 Å². The van der Waals surface area contributed by atoms with Crippen LogP contribution in [0.5, 0.6) is 0 Å². The number of aromatic carboxylic acids is 1. The quantitative estimate of drug-likeness (QED) is 0.885. The number of hydrogen-bond acceptors (Lipinski definition) is 4. The van der Waals surface area contributed by atoms with Gasteiger partial charge in [0.2, 0.25) is 0 Å². The summed E-state index contributed by atoms with van der Waals surface area (Å²) in [5.74, 6) is -1.02. The third-order valence-corrected chi connectivity index (χ3v) is 3.71. The molecule has 1 atom stereocenters. The average molecular weight is 266 g/mol. The van der Waals surface area contributed by atoms with Crippen molar-refractivity contribution < 1.29 is 15.0 Å². The standard InChI is InChI=1S/C12H14N2O3S/c1-3-9-8(6-14(2)13-9)10(15)11-7(12(16)17)4-5-18-11/h4-6,10,15H,3H2,1-2H3,(H,16,17). The molecule has 5 nitrogen and oxygen atoms in total. The van der Waals surface area contributed by atoms with Crippen LogP contribution in [0.4, 0.5) is 0 Å². The highest BCUT2D eigenvalue weighted by molar-refractivity contribution is 7.10. The molecule has 2 heterocycles. The van der Waals surface area contributed by atoms with E-state index in [2.05, 4.69) is 5.10 Å². The summed E-state index contributed by atoms with van der Waals surface area (Å²) in [4.78, 5) is 11.5. The maximum atomic E-state index is 11.1. The first-order valence-electron chi connectivity index (χ1n) is 5.55. The molecule has 96 valence electrons. The highest BCUT2D eigenvalue weighted by Gasteiger charge is 2.23. The van der Waals surface area contributed by atoms with Crippen LogP contribution in [0.1, 0.15) is 39.5 Å². The minimum Gasteiger partial charge on any atom is -0.478 e. The largest absolute Gasteiger partial charge is 0.478 e. The summed E-state index contributed by atoms with van der Waals surface area (Å²) in [7, 11) is 1.78. The fourth-order valence-corrected chi connectivity index (χ4v) is 2.80. The molecule has 18 heavy (non-hydrogen) atoms. The maximum Gasteiger partial charge on any atom is 0.336 e. The molecule has 0 aromatic carbocycles. The summed E-state index contributed by atoms with van der Waals surface area (Å²) in [6.07, 6.45) is 1.50. The van der Waals surface area contributed by atoms with E-state index >= 15 is 0 Å². The summed E-state index contributed by atoms with van der Waals surface area (Å²) < 4.78 is 1.63. The van der Waals surface area contributed by atoms with E-state index in [1.807, 2.05) is 6.92 Å². The molecule has 2 N–H and O–H groups in total. The zero-order valence-corrected chi connectivity index (χ0v) is 10.9. The van der Waals surface area contributed by atoms with Crippen molar-refractivity contribution in [2.24, 2.45) is 7.05 Å². The number of rotatable bonds is 4. The predicted octanol–water partition coefficient (Wildman–Crippen LogP) is 1.82. The number of nitrogens with zero attached hydrogens (tertiary/aromatic N) is 2. The van der Waals surface area contributed by atoms with Crippen molar-refractivity contribution in [2.75, 3.05) is 0 Å². The van der Waals surface area contributed by atoms with Crippen LogP contribution >= 0.6 is 11.3 Å². The monoisotopic (exact) mass is 266 g/mol. The van der Waals surface area contributed by atoms with Gasteiger partial charge in [-0.1, -0.05) is 6.92 Å². The van der Waals surface area contributed by atoms with Gasteiger partial charge in [0.15, 0.2) is 0 Å². The van der Waals surface area contributed by atoms with Gasteiger partial charge in [0.25, 0.3) is 0 Å². The van der Waals surface area contributed by atoms with E-state index in [-0.39, 0.29) is 5.56 Å². The van der Waals surface area contributed by atoms with Gasteiger partial charge in [-0.15, -0.1) is 11.3 Å². The number of aromatic nitrogens is 2. The zero-order valence-electron chi connectivity index (χ0n) is 10.1. The number of aliphatic hydroxyl groups is 1. The number of thiophene rings is 1. The molecule has 0 amide bonds. The summed E-state index contributed by atoms with van der Waals surface area (Å²) >= 11 is 1.24. The average Bonchev–Trinajstić information content (AvgIpc) is 2.93. The SMILES string of the molecule is CCc1nn(C)cc1C(O)c1sccc1C(=O)O. The lowest BCUT2D eigenvalue weighted by molar-refractivity contribution is 0.0692. The zero-order chi connectivity index (χ0) is 13.3. The highest BCUT2D eigenvalue weighted by atomic mass is 32.1. The molecule has 2 aromatic rings. The Morgan fingerprint density at radius 3 is 2.94 bits per heavy atom. The van der Waals surface area contributed by atoms with Gasteiger partial charge in [-0.2, -0.15) is 5.10 Å². The van der Waals surface area contributed by atoms with Gasteiger partial charge in [-0.25, -0.2) is 4.79 Å². The van der Waals surface area contributed by atoms with E-state index in [4.69, 9.17) is 5.11 Å². The Morgan fingerprint density at radius 1 is 1.61 bits per heavy atom. The number of aliphatic hydroxyl groups excluding tert-OH is 1. The first-order valence-corrected chi connectivity index (χ1v) is 6.43. The van der Waals surface area contributed by atoms with Gasteiger partial charge in [0.1, 0.15) is 6.10 Å². The molecular weight excluding hydrogens is 252 g/mol. The predicted molar refractivity (Wildman–Crippen MR) is 67.9 cm³/mol. The first kappa shape index (κ1) is 12.8. The van der Waals surface area contributed by atoms with Gasteiger partial charge in [-0.3, -0.25) is 4.68 Å². The third kappa shape index (κ3) is 2.16. The Hall–Kier alpha value is -1.66. The summed E-state index contributed by atoms with van der Waals surface area (Å²) in [6.45, 7) is 1.95. The van der Waals surface area contributed by atoms with Crippen molar-refractivity contribution in [3.8, 4) is 0 Å². The molecule has 0 radical (unpaired) electrons. The Bertz CT molecular complexity index is 574. The van der Waals surface area contributed by atoms with E-state index in [1.165, 1.54) is 17.4 Å². The molecule has 0 saturated carbocycles. The number of hydrogen-bond donors (Lipinski definition) is 2. The molecule has 6 heteroatoms. The molecule has 2 rings (SSSR count). The van der Waals surface area contributed by atoms with Crippen LogP contribution in [0.2, 0.25) is 0 Å². The number of carboxylic acid groups (broad SMARTS) is 1. The van der Waals surface area contributed by atoms with E-state index < -0.39 is 12.1 Å². The van der Waals surface area contributed by atoms with Gasteiger partial charge < -0.3 is 10.2 Å². The van der Waals surface area contributed by atoms with Crippen molar-refractivity contribution in [2.45, 2.75) is 19.4 Å². The molecule has 0 bridgehead atoms. The van der Waals surface area contributed by atoms with Crippen molar-refractivity contribution in [3.05, 3.63) is 39.3 Å². The molecule has 0 aliphatic heterocycles. The summed E-state index contributed by atoms with van der Waals surface area (Å²) in [5, 5.41) is 25.3. The van der Waals surface area contributed by atoms with Crippen molar-refractivity contribution in [1.82, 2.24) is 9.78 Å². The molecule has 0 saturated heterocycles. The normalized spacial score (nSPS) is 12.6. The minimum atomic E-state index is -1.02. The Kier molecular flexibility index (Phi) is 3.49. The van der Waals surface area contributed by atoms with Gasteiger partial charge in [0.05, 0.1) is 16.1 Å². The molecular formula is C12H14N2O3S. The second-order valence-electron chi connectivity index (χ2n) is 3.96. The second-order valence-corrected chi connectivity index (χ2v) is 4.91. The molecule has 1 unspecified atom stereocenters. The van der Waals surface area contributed by atoms with Crippen LogP contribution in [-0.4, -0.2) is 26.0 Å². The van der Waals surface area contributed by atoms with Crippen LogP contribution < -0.4 is 0 Å². The number of carboxylic acids is 1. The van der Waals surface area contributed by atoms with E-state index in [1.54, 1.807) is 23.3 Å². The molecule has 0 aliphatic rings. The van der Waals surface area contributed by atoms with E-state index in [0.29, 0.717) is 16.9 Å². The molecule has 2 aromatic heterocycles. The Morgan fingerprint density at radius 2 is 2.33 bits per heavy atom. The molecule has 0 spiro atoms.